The Morgan fingerprint density at radius 1 is 1.00 bits per heavy atom. The number of aryl methyl sites for hydroxylation is 1. The average Bonchev–Trinajstić information content (AvgIpc) is 3.28. The van der Waals surface area contributed by atoms with Crippen LogP contribution >= 0.6 is 0 Å². The van der Waals surface area contributed by atoms with Gasteiger partial charge in [0.2, 0.25) is 11.8 Å². The fraction of sp³-hybridized carbons (Fsp3) is 0.375. The second-order valence-corrected chi connectivity index (χ2v) is 7.74. The Labute approximate surface area is 177 Å². The molecule has 0 saturated carbocycles. The summed E-state index contributed by atoms with van der Waals surface area (Å²) in [5.41, 5.74) is 5.15. The van der Waals surface area contributed by atoms with Gasteiger partial charge >= 0.3 is 0 Å². The van der Waals surface area contributed by atoms with E-state index >= 15 is 0 Å². The van der Waals surface area contributed by atoms with Gasteiger partial charge in [0, 0.05) is 25.8 Å². The Hall–Kier alpha value is -3.15. The maximum atomic E-state index is 13.0. The third-order valence-corrected chi connectivity index (χ3v) is 5.83. The van der Waals surface area contributed by atoms with Crippen LogP contribution in [-0.4, -0.2) is 42.7 Å². The molecule has 0 fully saturated rings. The number of nitrogens with zero attached hydrogens (tertiary/aromatic N) is 3. The van der Waals surface area contributed by atoms with Crippen molar-refractivity contribution in [3.8, 4) is 5.75 Å². The zero-order chi connectivity index (χ0) is 21.1. The van der Waals surface area contributed by atoms with Gasteiger partial charge in [-0.25, -0.2) is 5.01 Å². The summed E-state index contributed by atoms with van der Waals surface area (Å²) < 4.78 is 5.52. The number of fused-ring (bicyclic) bond motifs is 1. The van der Waals surface area contributed by atoms with Crippen molar-refractivity contribution in [2.24, 2.45) is 5.10 Å². The van der Waals surface area contributed by atoms with Gasteiger partial charge in [0.05, 0.1) is 25.1 Å². The first-order valence-corrected chi connectivity index (χ1v) is 10.5. The molecule has 0 N–H and O–H groups in total. The minimum atomic E-state index is -0.109. The number of amides is 2. The van der Waals surface area contributed by atoms with Gasteiger partial charge in [0.15, 0.2) is 0 Å². The summed E-state index contributed by atoms with van der Waals surface area (Å²) in [5.74, 6) is 0.564. The molecule has 0 aromatic heterocycles. The molecule has 6 heteroatoms. The van der Waals surface area contributed by atoms with Gasteiger partial charge in [-0.3, -0.25) is 9.59 Å². The molecule has 4 rings (SSSR count). The molecule has 2 aromatic carbocycles. The van der Waals surface area contributed by atoms with Crippen molar-refractivity contribution in [2.75, 3.05) is 25.1 Å². The van der Waals surface area contributed by atoms with Crippen molar-refractivity contribution in [2.45, 2.75) is 39.0 Å². The Bertz CT molecular complexity index is 985. The number of benzene rings is 2. The molecule has 2 heterocycles. The lowest BCUT2D eigenvalue weighted by molar-refractivity contribution is -0.132. The molecule has 0 spiro atoms. The maximum Gasteiger partial charge on any atom is 0.243 e. The first kappa shape index (κ1) is 20.1. The van der Waals surface area contributed by atoms with Crippen molar-refractivity contribution in [3.05, 3.63) is 59.2 Å². The molecule has 0 saturated heterocycles. The van der Waals surface area contributed by atoms with Gasteiger partial charge in [0.1, 0.15) is 5.75 Å². The van der Waals surface area contributed by atoms with Gasteiger partial charge in [-0.2, -0.15) is 5.10 Å². The molecule has 2 aliphatic heterocycles. The predicted molar refractivity (Wildman–Crippen MR) is 117 cm³/mol. The molecule has 6 nitrogen and oxygen atoms in total. The SMILES string of the molecule is COc1ccc(C)c2c1N(C(=O)CCC(=O)N1CCC(c3ccccc3)=N1)CCC2. The minimum Gasteiger partial charge on any atom is -0.495 e. The number of hydrazone groups is 1. The van der Waals surface area contributed by atoms with Crippen molar-refractivity contribution in [3.63, 3.8) is 0 Å². The van der Waals surface area contributed by atoms with Crippen LogP contribution in [0.4, 0.5) is 5.69 Å². The maximum absolute atomic E-state index is 13.0. The van der Waals surface area contributed by atoms with E-state index in [0.717, 1.165) is 41.8 Å². The molecule has 156 valence electrons. The number of rotatable bonds is 5. The van der Waals surface area contributed by atoms with Crippen LogP contribution in [0.2, 0.25) is 0 Å². The summed E-state index contributed by atoms with van der Waals surface area (Å²) in [6.07, 6.45) is 2.91. The number of hydrogen-bond donors (Lipinski definition) is 0. The molecule has 0 unspecified atom stereocenters. The second-order valence-electron chi connectivity index (χ2n) is 7.74. The average molecular weight is 405 g/mol. The minimum absolute atomic E-state index is 0.0420. The van der Waals surface area contributed by atoms with E-state index in [-0.39, 0.29) is 24.7 Å². The molecule has 0 radical (unpaired) electrons. The molecule has 0 atom stereocenters. The van der Waals surface area contributed by atoms with Crippen LogP contribution in [0.5, 0.6) is 5.75 Å². The van der Waals surface area contributed by atoms with E-state index < -0.39 is 0 Å². The van der Waals surface area contributed by atoms with Gasteiger partial charge in [-0.05, 0) is 42.5 Å². The Kier molecular flexibility index (Phi) is 5.84. The number of anilines is 1. The fourth-order valence-electron chi connectivity index (χ4n) is 4.22. The topological polar surface area (TPSA) is 62.2 Å². The summed E-state index contributed by atoms with van der Waals surface area (Å²) in [7, 11) is 1.63. The third-order valence-electron chi connectivity index (χ3n) is 5.83. The molecule has 0 bridgehead atoms. The predicted octanol–water partition coefficient (Wildman–Crippen LogP) is 3.70. The number of methoxy groups -OCH3 is 1. The first-order chi connectivity index (χ1) is 14.6. The van der Waals surface area contributed by atoms with E-state index in [1.165, 1.54) is 10.6 Å². The molecular weight excluding hydrogens is 378 g/mol. The Morgan fingerprint density at radius 3 is 2.53 bits per heavy atom. The summed E-state index contributed by atoms with van der Waals surface area (Å²) in [4.78, 5) is 27.5. The van der Waals surface area contributed by atoms with Crippen LogP contribution in [0.1, 0.15) is 42.4 Å². The van der Waals surface area contributed by atoms with E-state index in [0.29, 0.717) is 18.8 Å². The van der Waals surface area contributed by atoms with Crippen LogP contribution in [0.25, 0.3) is 0 Å². The van der Waals surface area contributed by atoms with Crippen molar-refractivity contribution >= 4 is 23.2 Å². The smallest absolute Gasteiger partial charge is 0.243 e. The lowest BCUT2D eigenvalue weighted by atomic mass is 9.96. The standard InChI is InChI=1S/C24H27N3O3/c1-17-10-11-21(30-2)24-19(17)9-6-15-26(24)22(28)12-13-23(29)27-16-14-20(25-27)18-7-4-3-5-8-18/h3-5,7-8,10-11H,6,9,12-16H2,1-2H3. The molecule has 30 heavy (non-hydrogen) atoms. The zero-order valence-corrected chi connectivity index (χ0v) is 17.6. The lowest BCUT2D eigenvalue weighted by Gasteiger charge is -2.32. The van der Waals surface area contributed by atoms with Gasteiger partial charge in [0.25, 0.3) is 0 Å². The van der Waals surface area contributed by atoms with Gasteiger partial charge in [-0.1, -0.05) is 36.4 Å². The summed E-state index contributed by atoms with van der Waals surface area (Å²) in [6.45, 7) is 3.28. The van der Waals surface area contributed by atoms with Crippen molar-refractivity contribution in [1.82, 2.24) is 5.01 Å². The summed E-state index contributed by atoms with van der Waals surface area (Å²) >= 11 is 0. The van der Waals surface area contributed by atoms with Crippen LogP contribution < -0.4 is 9.64 Å². The van der Waals surface area contributed by atoms with E-state index in [1.807, 2.05) is 42.5 Å². The highest BCUT2D eigenvalue weighted by Gasteiger charge is 2.28. The van der Waals surface area contributed by atoms with Gasteiger partial charge in [-0.15, -0.1) is 0 Å². The third kappa shape index (κ3) is 3.95. The first-order valence-electron chi connectivity index (χ1n) is 10.5. The number of ether oxygens (including phenoxy) is 1. The highest BCUT2D eigenvalue weighted by molar-refractivity contribution is 6.03. The quantitative estimate of drug-likeness (QED) is 0.762. The normalized spacial score (nSPS) is 15.6. The van der Waals surface area contributed by atoms with Gasteiger partial charge < -0.3 is 9.64 Å². The van der Waals surface area contributed by atoms with Crippen molar-refractivity contribution < 1.29 is 14.3 Å². The van der Waals surface area contributed by atoms with Crippen LogP contribution in [0.3, 0.4) is 0 Å². The van der Waals surface area contributed by atoms with E-state index in [4.69, 9.17) is 4.74 Å². The van der Waals surface area contributed by atoms with Crippen molar-refractivity contribution in [1.29, 1.82) is 0 Å². The fourth-order valence-corrected chi connectivity index (χ4v) is 4.22. The Morgan fingerprint density at radius 2 is 1.77 bits per heavy atom. The summed E-state index contributed by atoms with van der Waals surface area (Å²) in [6, 6.07) is 13.8. The zero-order valence-electron chi connectivity index (χ0n) is 17.6. The monoisotopic (exact) mass is 405 g/mol. The lowest BCUT2D eigenvalue weighted by Crippen LogP contribution is -2.37. The van der Waals surface area contributed by atoms with E-state index in [2.05, 4.69) is 12.0 Å². The highest BCUT2D eigenvalue weighted by Crippen LogP contribution is 2.38. The molecule has 2 amide bonds. The van der Waals surface area contributed by atoms with Crippen LogP contribution in [0.15, 0.2) is 47.6 Å². The molecule has 2 aromatic rings. The van der Waals surface area contributed by atoms with Crippen LogP contribution in [0, 0.1) is 6.92 Å². The largest absolute Gasteiger partial charge is 0.495 e. The molecule has 2 aliphatic rings. The number of carbonyl (C=O) groups is 2. The number of carbonyl (C=O) groups excluding carboxylic acids is 2. The Balaban J connectivity index is 1.42. The number of hydrogen-bond acceptors (Lipinski definition) is 4. The highest BCUT2D eigenvalue weighted by atomic mass is 16.5. The van der Waals surface area contributed by atoms with E-state index in [1.54, 1.807) is 12.0 Å². The summed E-state index contributed by atoms with van der Waals surface area (Å²) in [5, 5.41) is 5.98. The molecule has 0 aliphatic carbocycles. The second kappa shape index (κ2) is 8.69. The molecular formula is C24H27N3O3. The van der Waals surface area contributed by atoms with Crippen LogP contribution in [-0.2, 0) is 16.0 Å². The van der Waals surface area contributed by atoms with E-state index in [9.17, 15) is 9.59 Å².